The van der Waals surface area contributed by atoms with Gasteiger partial charge in [-0.3, -0.25) is 9.59 Å². The van der Waals surface area contributed by atoms with Crippen molar-refractivity contribution in [1.29, 1.82) is 5.26 Å². The van der Waals surface area contributed by atoms with Crippen LogP contribution in [-0.2, 0) is 9.59 Å². The monoisotopic (exact) mass is 376 g/mol. The molecule has 136 valence electrons. The molecule has 1 aliphatic rings. The van der Waals surface area contributed by atoms with Gasteiger partial charge in [0.15, 0.2) is 23.3 Å². The maximum absolute atomic E-state index is 11.6. The first kappa shape index (κ1) is 19.3. The lowest BCUT2D eigenvalue weighted by Crippen LogP contribution is -2.26. The molecule has 9 nitrogen and oxygen atoms in total. The van der Waals surface area contributed by atoms with Crippen LogP contribution in [-0.4, -0.2) is 46.8 Å². The summed E-state index contributed by atoms with van der Waals surface area (Å²) in [4.78, 5) is 22.3. The van der Waals surface area contributed by atoms with Gasteiger partial charge in [-0.1, -0.05) is 11.8 Å². The molecule has 0 aromatic heterocycles. The van der Waals surface area contributed by atoms with Gasteiger partial charge in [-0.25, -0.2) is 0 Å². The van der Waals surface area contributed by atoms with Gasteiger partial charge in [-0.2, -0.15) is 10.4 Å². The van der Waals surface area contributed by atoms with Crippen LogP contribution in [0.3, 0.4) is 0 Å². The lowest BCUT2D eigenvalue weighted by Gasteiger charge is -2.10. The molecule has 1 aromatic rings. The summed E-state index contributed by atoms with van der Waals surface area (Å²) in [5.41, 5.74) is 0.679. The molecule has 0 radical (unpaired) electrons. The van der Waals surface area contributed by atoms with Crippen molar-refractivity contribution in [3.05, 3.63) is 23.8 Å². The van der Waals surface area contributed by atoms with E-state index in [0.29, 0.717) is 23.7 Å². The predicted octanol–water partition coefficient (Wildman–Crippen LogP) is 1.38. The fraction of sp³-hybridized carbons (Fsp3) is 0.312. The molecule has 0 saturated carbocycles. The van der Waals surface area contributed by atoms with Crippen molar-refractivity contribution in [2.45, 2.75) is 18.6 Å². The summed E-state index contributed by atoms with van der Waals surface area (Å²) in [6, 6.07) is 6.95. The second-order valence-electron chi connectivity index (χ2n) is 4.93. The van der Waals surface area contributed by atoms with Crippen molar-refractivity contribution in [2.24, 2.45) is 10.2 Å². The Morgan fingerprint density at radius 3 is 2.96 bits per heavy atom. The molecule has 1 aromatic carbocycles. The first-order valence-corrected chi connectivity index (χ1v) is 8.48. The highest BCUT2D eigenvalue weighted by molar-refractivity contribution is 8.15. The molecule has 1 unspecified atom stereocenters. The number of carboxylic acids is 1. The maximum Gasteiger partial charge on any atom is 0.305 e. The number of thioether (sulfide) groups is 1. The lowest BCUT2D eigenvalue weighted by atomic mass is 10.2. The minimum Gasteiger partial charge on any atom is -0.490 e. The number of ether oxygens (including phenoxy) is 2. The predicted molar refractivity (Wildman–Crippen MR) is 95.5 cm³/mol. The molecule has 0 spiro atoms. The number of amidine groups is 1. The van der Waals surface area contributed by atoms with E-state index in [1.165, 1.54) is 6.21 Å². The molecule has 1 heterocycles. The Morgan fingerprint density at radius 2 is 2.27 bits per heavy atom. The minimum atomic E-state index is -1.05. The van der Waals surface area contributed by atoms with Gasteiger partial charge in [0.2, 0.25) is 5.91 Å². The van der Waals surface area contributed by atoms with E-state index in [4.69, 9.17) is 19.8 Å². The standard InChI is InChI=1S/C16H16N4O5S/c1-2-24-12-7-10(3-4-11(12)25-6-5-17)9-18-20-16-19-15(23)13(26-16)8-14(21)22/h3-4,7,9,13H,2,6,8H2,1H3,(H,21,22)(H,19,20,23). The average Bonchev–Trinajstić information content (AvgIpc) is 2.93. The Balaban J connectivity index is 2.06. The van der Waals surface area contributed by atoms with Crippen LogP contribution in [0.15, 0.2) is 28.4 Å². The Labute approximate surface area is 153 Å². The van der Waals surface area contributed by atoms with E-state index in [0.717, 1.165) is 11.8 Å². The summed E-state index contributed by atoms with van der Waals surface area (Å²) in [6.07, 6.45) is 1.18. The smallest absolute Gasteiger partial charge is 0.305 e. The second kappa shape index (κ2) is 9.43. The summed E-state index contributed by atoms with van der Waals surface area (Å²) in [6.45, 7) is 2.17. The Kier molecular flexibility index (Phi) is 6.99. The molecule has 1 aliphatic heterocycles. The second-order valence-corrected chi connectivity index (χ2v) is 6.12. The van der Waals surface area contributed by atoms with E-state index >= 15 is 0 Å². The molecule has 10 heteroatoms. The number of aliphatic carboxylic acids is 1. The number of amides is 1. The summed E-state index contributed by atoms with van der Waals surface area (Å²) >= 11 is 1.02. The fourth-order valence-corrected chi connectivity index (χ4v) is 2.91. The number of nitriles is 1. The number of benzene rings is 1. The number of carbonyl (C=O) groups is 2. The first-order valence-electron chi connectivity index (χ1n) is 7.60. The van der Waals surface area contributed by atoms with Crippen molar-refractivity contribution in [2.75, 3.05) is 13.2 Å². The average molecular weight is 376 g/mol. The van der Waals surface area contributed by atoms with Crippen LogP contribution in [0.1, 0.15) is 18.9 Å². The number of carboxylic acid groups (broad SMARTS) is 1. The number of rotatable bonds is 8. The van der Waals surface area contributed by atoms with Gasteiger partial charge in [-0.15, -0.1) is 5.10 Å². The number of nitrogens with zero attached hydrogens (tertiary/aromatic N) is 3. The summed E-state index contributed by atoms with van der Waals surface area (Å²) in [7, 11) is 0. The van der Waals surface area contributed by atoms with Crippen LogP contribution in [0.25, 0.3) is 0 Å². The van der Waals surface area contributed by atoms with E-state index < -0.39 is 17.1 Å². The molecular formula is C16H16N4O5S. The molecule has 1 saturated heterocycles. The number of hydrogen-bond acceptors (Lipinski definition) is 8. The van der Waals surface area contributed by atoms with E-state index in [9.17, 15) is 9.59 Å². The quantitative estimate of drug-likeness (QED) is 0.517. The Morgan fingerprint density at radius 1 is 1.46 bits per heavy atom. The lowest BCUT2D eigenvalue weighted by molar-refractivity contribution is -0.138. The molecule has 2 N–H and O–H groups in total. The molecule has 0 bridgehead atoms. The first-order chi connectivity index (χ1) is 12.5. The van der Waals surface area contributed by atoms with Crippen molar-refractivity contribution in [3.8, 4) is 17.6 Å². The molecule has 1 atom stereocenters. The van der Waals surface area contributed by atoms with Crippen LogP contribution >= 0.6 is 11.8 Å². The molecule has 26 heavy (non-hydrogen) atoms. The largest absolute Gasteiger partial charge is 0.490 e. The highest BCUT2D eigenvalue weighted by Gasteiger charge is 2.32. The topological polar surface area (TPSA) is 133 Å². The molecular weight excluding hydrogens is 360 g/mol. The van der Waals surface area contributed by atoms with Crippen molar-refractivity contribution in [1.82, 2.24) is 5.32 Å². The molecule has 1 amide bonds. The van der Waals surface area contributed by atoms with Crippen LogP contribution in [0.4, 0.5) is 0 Å². The molecule has 2 rings (SSSR count). The Hall–Kier alpha value is -3.06. The minimum absolute atomic E-state index is 0.0877. The molecule has 1 fully saturated rings. The maximum atomic E-state index is 11.6. The van der Waals surface area contributed by atoms with E-state index in [-0.39, 0.29) is 18.2 Å². The van der Waals surface area contributed by atoms with Crippen LogP contribution in [0.2, 0.25) is 0 Å². The van der Waals surface area contributed by atoms with Gasteiger partial charge in [0.25, 0.3) is 0 Å². The third-order valence-corrected chi connectivity index (χ3v) is 4.12. The van der Waals surface area contributed by atoms with E-state index in [1.54, 1.807) is 18.2 Å². The zero-order valence-electron chi connectivity index (χ0n) is 13.8. The van der Waals surface area contributed by atoms with Gasteiger partial charge in [0.05, 0.1) is 19.2 Å². The zero-order valence-corrected chi connectivity index (χ0v) is 14.7. The van der Waals surface area contributed by atoms with Crippen LogP contribution in [0.5, 0.6) is 11.5 Å². The van der Waals surface area contributed by atoms with Gasteiger partial charge < -0.3 is 19.9 Å². The molecule has 0 aliphatic carbocycles. The summed E-state index contributed by atoms with van der Waals surface area (Å²) in [5.74, 6) is -0.523. The van der Waals surface area contributed by atoms with Gasteiger partial charge in [0.1, 0.15) is 11.3 Å². The zero-order chi connectivity index (χ0) is 18.9. The Bertz CT molecular complexity index is 787. The highest BCUT2D eigenvalue weighted by atomic mass is 32.2. The number of hydrogen-bond donors (Lipinski definition) is 2. The normalized spacial score (nSPS) is 17.9. The number of carbonyl (C=O) groups excluding carboxylic acids is 1. The van der Waals surface area contributed by atoms with Crippen LogP contribution < -0.4 is 14.8 Å². The summed E-state index contributed by atoms with van der Waals surface area (Å²) in [5, 5.41) is 27.1. The third kappa shape index (κ3) is 5.49. The van der Waals surface area contributed by atoms with Crippen molar-refractivity contribution < 1.29 is 24.2 Å². The van der Waals surface area contributed by atoms with Crippen LogP contribution in [0, 0.1) is 11.3 Å². The summed E-state index contributed by atoms with van der Waals surface area (Å²) < 4.78 is 10.7. The van der Waals surface area contributed by atoms with Crippen molar-refractivity contribution in [3.63, 3.8) is 0 Å². The van der Waals surface area contributed by atoms with Gasteiger partial charge in [-0.05, 0) is 30.7 Å². The van der Waals surface area contributed by atoms with E-state index in [1.807, 2.05) is 13.0 Å². The third-order valence-electron chi connectivity index (χ3n) is 3.05. The van der Waals surface area contributed by atoms with Gasteiger partial charge in [0, 0.05) is 0 Å². The van der Waals surface area contributed by atoms with E-state index in [2.05, 4.69) is 15.5 Å². The van der Waals surface area contributed by atoms with Crippen molar-refractivity contribution >= 4 is 35.0 Å². The number of nitrogens with one attached hydrogen (secondary N) is 1. The SMILES string of the molecule is CCOc1cc(C=NN=C2NC(=O)C(CC(=O)O)S2)ccc1OCC#N. The highest BCUT2D eigenvalue weighted by Crippen LogP contribution is 2.28. The fourth-order valence-electron chi connectivity index (χ4n) is 2.00. The van der Waals surface area contributed by atoms with Gasteiger partial charge >= 0.3 is 5.97 Å².